The summed E-state index contributed by atoms with van der Waals surface area (Å²) in [6.45, 7) is 6.44. The lowest BCUT2D eigenvalue weighted by molar-refractivity contribution is 0.0206. The summed E-state index contributed by atoms with van der Waals surface area (Å²) < 4.78 is 21.9. The van der Waals surface area contributed by atoms with Gasteiger partial charge >= 0.3 is 6.09 Å². The standard InChI is InChI=1S/C21H24ClFN6O2/c1-21(2,3)31-20(30)28-9-6-7-13(12-28)25-19-16(23)17(22)26-18(27-19)14-11-24-29-10-5-4-8-15(14)29/h4-5,8,10-11,13H,6-7,9,12H2,1-3H3,(H,25,26,27). The van der Waals surface area contributed by atoms with E-state index in [1.54, 1.807) is 21.8 Å². The Morgan fingerprint density at radius 2 is 2.13 bits per heavy atom. The van der Waals surface area contributed by atoms with Crippen molar-refractivity contribution in [3.8, 4) is 11.4 Å². The number of aromatic nitrogens is 4. The molecule has 1 aliphatic heterocycles. The third-order valence-corrected chi connectivity index (χ3v) is 5.14. The van der Waals surface area contributed by atoms with Crippen LogP contribution in [0.4, 0.5) is 15.0 Å². The van der Waals surface area contributed by atoms with Gasteiger partial charge in [-0.05, 0) is 45.7 Å². The molecule has 0 aliphatic carbocycles. The van der Waals surface area contributed by atoms with E-state index in [2.05, 4.69) is 20.4 Å². The second-order valence-electron chi connectivity index (χ2n) is 8.50. The number of hydrogen-bond acceptors (Lipinski definition) is 6. The minimum atomic E-state index is -0.726. The van der Waals surface area contributed by atoms with E-state index in [1.807, 2.05) is 39.0 Å². The minimum absolute atomic E-state index is 0.00122. The van der Waals surface area contributed by atoms with E-state index in [1.165, 1.54) is 0 Å². The van der Waals surface area contributed by atoms with Gasteiger partial charge in [-0.2, -0.15) is 9.49 Å². The van der Waals surface area contributed by atoms with Crippen molar-refractivity contribution in [2.45, 2.75) is 45.3 Å². The molecule has 31 heavy (non-hydrogen) atoms. The van der Waals surface area contributed by atoms with Crippen LogP contribution in [0.25, 0.3) is 16.9 Å². The number of likely N-dealkylation sites (tertiary alicyclic amines) is 1. The highest BCUT2D eigenvalue weighted by Crippen LogP contribution is 2.28. The molecule has 10 heteroatoms. The maximum Gasteiger partial charge on any atom is 0.410 e. The first-order valence-corrected chi connectivity index (χ1v) is 10.5. The number of nitrogens with one attached hydrogen (secondary N) is 1. The fourth-order valence-electron chi connectivity index (χ4n) is 3.52. The molecule has 4 rings (SSSR count). The van der Waals surface area contributed by atoms with Crippen LogP contribution in [0.15, 0.2) is 30.6 Å². The van der Waals surface area contributed by atoms with Crippen molar-refractivity contribution in [3.05, 3.63) is 41.6 Å². The van der Waals surface area contributed by atoms with E-state index < -0.39 is 11.4 Å². The maximum atomic E-state index is 14.7. The van der Waals surface area contributed by atoms with Crippen LogP contribution in [0, 0.1) is 5.82 Å². The molecular formula is C21H24ClFN6O2. The zero-order valence-electron chi connectivity index (χ0n) is 17.6. The molecule has 4 heterocycles. The summed E-state index contributed by atoms with van der Waals surface area (Å²) in [6, 6.07) is 5.40. The fraction of sp³-hybridized carbons (Fsp3) is 0.429. The second kappa shape index (κ2) is 8.30. The number of halogens is 2. The quantitative estimate of drug-likeness (QED) is 0.600. The van der Waals surface area contributed by atoms with Crippen LogP contribution < -0.4 is 5.32 Å². The first kappa shape index (κ1) is 21.3. The molecule has 0 aromatic carbocycles. The molecule has 1 aliphatic rings. The van der Waals surface area contributed by atoms with Crippen LogP contribution in [0.5, 0.6) is 0 Å². The molecule has 1 unspecified atom stereocenters. The normalized spacial score (nSPS) is 17.1. The van der Waals surface area contributed by atoms with E-state index in [0.29, 0.717) is 18.7 Å². The number of carbonyl (C=O) groups is 1. The van der Waals surface area contributed by atoms with E-state index in [0.717, 1.165) is 18.4 Å². The molecule has 1 atom stereocenters. The Labute approximate surface area is 184 Å². The number of amides is 1. The molecule has 8 nitrogen and oxygen atoms in total. The molecule has 1 saturated heterocycles. The smallest absolute Gasteiger partial charge is 0.410 e. The van der Waals surface area contributed by atoms with Crippen molar-refractivity contribution in [1.82, 2.24) is 24.5 Å². The summed E-state index contributed by atoms with van der Waals surface area (Å²) >= 11 is 6.08. The Morgan fingerprint density at radius 1 is 1.32 bits per heavy atom. The molecule has 1 amide bonds. The average molecular weight is 447 g/mol. The summed E-state index contributed by atoms with van der Waals surface area (Å²) in [4.78, 5) is 22.5. The van der Waals surface area contributed by atoms with Crippen molar-refractivity contribution in [3.63, 3.8) is 0 Å². The number of rotatable bonds is 3. The van der Waals surface area contributed by atoms with Crippen LogP contribution in [0.2, 0.25) is 5.15 Å². The highest BCUT2D eigenvalue weighted by molar-refractivity contribution is 6.29. The van der Waals surface area contributed by atoms with Gasteiger partial charge in [0, 0.05) is 25.3 Å². The van der Waals surface area contributed by atoms with E-state index in [-0.39, 0.29) is 28.9 Å². The van der Waals surface area contributed by atoms with Gasteiger partial charge in [0.25, 0.3) is 0 Å². The SMILES string of the molecule is CC(C)(C)OC(=O)N1CCCC(Nc2nc(-c3cnn4ccccc34)nc(Cl)c2F)C1. The molecule has 3 aromatic heterocycles. The number of nitrogens with zero attached hydrogens (tertiary/aromatic N) is 5. The minimum Gasteiger partial charge on any atom is -0.444 e. The molecule has 0 saturated carbocycles. The second-order valence-corrected chi connectivity index (χ2v) is 8.86. The van der Waals surface area contributed by atoms with Gasteiger partial charge in [-0.25, -0.2) is 19.3 Å². The average Bonchev–Trinajstić information content (AvgIpc) is 3.14. The van der Waals surface area contributed by atoms with Crippen LogP contribution in [-0.4, -0.2) is 55.3 Å². The van der Waals surface area contributed by atoms with Crippen molar-refractivity contribution in [2.75, 3.05) is 18.4 Å². The van der Waals surface area contributed by atoms with Crippen molar-refractivity contribution in [1.29, 1.82) is 0 Å². The molecule has 1 N–H and O–H groups in total. The lowest BCUT2D eigenvalue weighted by Crippen LogP contribution is -2.47. The highest BCUT2D eigenvalue weighted by Gasteiger charge is 2.29. The van der Waals surface area contributed by atoms with Crippen LogP contribution >= 0.6 is 11.6 Å². The Hall–Kier alpha value is -2.94. The molecule has 0 radical (unpaired) electrons. The summed E-state index contributed by atoms with van der Waals surface area (Å²) in [5.74, 6) is -0.451. The van der Waals surface area contributed by atoms with Gasteiger partial charge in [0.15, 0.2) is 16.8 Å². The third kappa shape index (κ3) is 4.71. The number of anilines is 1. The van der Waals surface area contributed by atoms with Gasteiger partial charge < -0.3 is 15.0 Å². The Balaban J connectivity index is 1.56. The fourth-order valence-corrected chi connectivity index (χ4v) is 3.69. The van der Waals surface area contributed by atoms with E-state index in [4.69, 9.17) is 16.3 Å². The van der Waals surface area contributed by atoms with Gasteiger partial charge in [-0.1, -0.05) is 17.7 Å². The number of pyridine rings is 1. The van der Waals surface area contributed by atoms with Crippen LogP contribution in [0.1, 0.15) is 33.6 Å². The first-order chi connectivity index (χ1) is 14.7. The summed E-state index contributed by atoms with van der Waals surface area (Å²) in [6.07, 6.45) is 4.56. The van der Waals surface area contributed by atoms with Crippen molar-refractivity contribution >= 4 is 29.0 Å². The van der Waals surface area contributed by atoms with Gasteiger partial charge in [-0.15, -0.1) is 0 Å². The zero-order valence-corrected chi connectivity index (χ0v) is 18.4. The molecule has 1 fully saturated rings. The van der Waals surface area contributed by atoms with E-state index in [9.17, 15) is 9.18 Å². The summed E-state index contributed by atoms with van der Waals surface area (Å²) in [7, 11) is 0. The Bertz CT molecular complexity index is 1110. The predicted molar refractivity (Wildman–Crippen MR) is 116 cm³/mol. The molecular weight excluding hydrogens is 423 g/mol. The monoisotopic (exact) mass is 446 g/mol. The van der Waals surface area contributed by atoms with Crippen molar-refractivity contribution < 1.29 is 13.9 Å². The van der Waals surface area contributed by atoms with Gasteiger partial charge in [-0.3, -0.25) is 0 Å². The maximum absolute atomic E-state index is 14.7. The number of ether oxygens (including phenoxy) is 1. The predicted octanol–water partition coefficient (Wildman–Crippen LogP) is 4.40. The van der Waals surface area contributed by atoms with Crippen molar-refractivity contribution in [2.24, 2.45) is 0 Å². The van der Waals surface area contributed by atoms with Crippen LogP contribution in [-0.2, 0) is 4.74 Å². The Kier molecular flexibility index (Phi) is 5.70. The number of carbonyl (C=O) groups excluding carboxylic acids is 1. The molecule has 3 aromatic rings. The van der Waals surface area contributed by atoms with Crippen LogP contribution in [0.3, 0.4) is 0 Å². The highest BCUT2D eigenvalue weighted by atomic mass is 35.5. The molecule has 0 spiro atoms. The van der Waals surface area contributed by atoms with Gasteiger partial charge in [0.1, 0.15) is 5.60 Å². The Morgan fingerprint density at radius 3 is 2.90 bits per heavy atom. The topological polar surface area (TPSA) is 84.6 Å². The van der Waals surface area contributed by atoms with Gasteiger partial charge in [0.2, 0.25) is 5.82 Å². The number of fused-ring (bicyclic) bond motifs is 1. The third-order valence-electron chi connectivity index (χ3n) is 4.89. The lowest BCUT2D eigenvalue weighted by atomic mass is 10.1. The first-order valence-electron chi connectivity index (χ1n) is 10.1. The van der Waals surface area contributed by atoms with E-state index >= 15 is 0 Å². The zero-order chi connectivity index (χ0) is 22.2. The molecule has 0 bridgehead atoms. The summed E-state index contributed by atoms with van der Waals surface area (Å²) in [5.41, 5.74) is 0.849. The summed E-state index contributed by atoms with van der Waals surface area (Å²) in [5, 5.41) is 7.10. The lowest BCUT2D eigenvalue weighted by Gasteiger charge is -2.34. The van der Waals surface area contributed by atoms with Gasteiger partial charge in [0.05, 0.1) is 17.3 Å². The number of hydrogen-bond donors (Lipinski definition) is 1. The molecule has 164 valence electrons. The largest absolute Gasteiger partial charge is 0.444 e. The number of piperidine rings is 1.